The molecule has 3 aromatic rings. The Morgan fingerprint density at radius 3 is 2.71 bits per heavy atom. The molecule has 31 heavy (non-hydrogen) atoms. The lowest BCUT2D eigenvalue weighted by atomic mass is 9.98. The van der Waals surface area contributed by atoms with E-state index in [0.29, 0.717) is 24.3 Å². The molecule has 1 aliphatic heterocycles. The monoisotopic (exact) mass is 415 g/mol. The van der Waals surface area contributed by atoms with Gasteiger partial charge in [-0.1, -0.05) is 23.4 Å². The van der Waals surface area contributed by atoms with E-state index in [4.69, 9.17) is 10.00 Å². The Bertz CT molecular complexity index is 1040. The van der Waals surface area contributed by atoms with Gasteiger partial charge in [-0.05, 0) is 62.1 Å². The van der Waals surface area contributed by atoms with E-state index < -0.39 is 0 Å². The van der Waals surface area contributed by atoms with Crippen LogP contribution in [-0.2, 0) is 13.2 Å². The van der Waals surface area contributed by atoms with Gasteiger partial charge in [0.1, 0.15) is 18.1 Å². The Morgan fingerprint density at radius 2 is 1.94 bits per heavy atom. The van der Waals surface area contributed by atoms with E-state index in [-0.39, 0.29) is 11.9 Å². The number of hydrogen-bond donors (Lipinski definition) is 0. The average Bonchev–Trinajstić information content (AvgIpc) is 3.30. The summed E-state index contributed by atoms with van der Waals surface area (Å²) in [5.41, 5.74) is 1.97. The highest BCUT2D eigenvalue weighted by molar-refractivity contribution is 5.94. The van der Waals surface area contributed by atoms with Crippen molar-refractivity contribution >= 4 is 5.91 Å². The van der Waals surface area contributed by atoms with Gasteiger partial charge in [-0.15, -0.1) is 5.10 Å². The minimum absolute atomic E-state index is 0.0322. The van der Waals surface area contributed by atoms with Crippen molar-refractivity contribution in [3.63, 3.8) is 0 Å². The summed E-state index contributed by atoms with van der Waals surface area (Å²) in [7, 11) is 0. The largest absolute Gasteiger partial charge is 0.487 e. The van der Waals surface area contributed by atoms with E-state index in [1.807, 2.05) is 46.1 Å². The van der Waals surface area contributed by atoms with Gasteiger partial charge in [0, 0.05) is 24.7 Å². The van der Waals surface area contributed by atoms with Crippen LogP contribution in [-0.4, -0.2) is 38.4 Å². The third-order valence-electron chi connectivity index (χ3n) is 5.56. The molecule has 1 atom stereocenters. The second-order valence-corrected chi connectivity index (χ2v) is 7.70. The van der Waals surface area contributed by atoms with E-state index in [1.165, 1.54) is 0 Å². The molecular formula is C24H25N5O2. The smallest absolute Gasteiger partial charge is 0.254 e. The lowest BCUT2D eigenvalue weighted by molar-refractivity contribution is 0.0593. The fraction of sp³-hybridized carbons (Fsp3) is 0.333. The van der Waals surface area contributed by atoms with E-state index in [0.717, 1.165) is 43.7 Å². The van der Waals surface area contributed by atoms with Crippen molar-refractivity contribution in [2.75, 3.05) is 6.54 Å². The standard InChI is InChI=1S/C24H25N5O2/c25-16-19-9-11-20(12-10-19)24(30)29-14-5-4-6-22(29)13-15-28-17-21(26-27-28)18-31-23-7-2-1-3-8-23/h1-3,7-12,17,22H,4-6,13-15,18H2. The van der Waals surface area contributed by atoms with Crippen LogP contribution in [0.5, 0.6) is 5.75 Å². The van der Waals surface area contributed by atoms with E-state index in [9.17, 15) is 4.79 Å². The zero-order valence-corrected chi connectivity index (χ0v) is 17.4. The third-order valence-corrected chi connectivity index (χ3v) is 5.56. The summed E-state index contributed by atoms with van der Waals surface area (Å²) in [4.78, 5) is 15.0. The predicted octanol–water partition coefficient (Wildman–Crippen LogP) is 3.81. The van der Waals surface area contributed by atoms with Gasteiger partial charge in [0.05, 0.1) is 17.8 Å². The topological polar surface area (TPSA) is 84.0 Å². The van der Waals surface area contributed by atoms with Crippen LogP contribution in [0.25, 0.3) is 0 Å². The molecule has 1 aliphatic rings. The van der Waals surface area contributed by atoms with Gasteiger partial charge in [-0.3, -0.25) is 9.48 Å². The first kappa shape index (κ1) is 20.6. The summed E-state index contributed by atoms with van der Waals surface area (Å²) in [6, 6.07) is 18.8. The van der Waals surface area contributed by atoms with Crippen molar-refractivity contribution in [2.24, 2.45) is 0 Å². The number of likely N-dealkylation sites (tertiary alicyclic amines) is 1. The molecule has 0 radical (unpaired) electrons. The lowest BCUT2D eigenvalue weighted by Crippen LogP contribution is -2.44. The maximum atomic E-state index is 13.0. The Morgan fingerprint density at radius 1 is 1.13 bits per heavy atom. The Kier molecular flexibility index (Phi) is 6.58. The highest BCUT2D eigenvalue weighted by atomic mass is 16.5. The average molecular weight is 415 g/mol. The third kappa shape index (κ3) is 5.28. The van der Waals surface area contributed by atoms with Crippen molar-refractivity contribution in [1.82, 2.24) is 19.9 Å². The summed E-state index contributed by atoms with van der Waals surface area (Å²) >= 11 is 0. The number of amides is 1. The lowest BCUT2D eigenvalue weighted by Gasteiger charge is -2.36. The van der Waals surface area contributed by atoms with Crippen LogP contribution >= 0.6 is 0 Å². The highest BCUT2D eigenvalue weighted by Gasteiger charge is 2.27. The molecule has 4 rings (SSSR count). The molecule has 1 aromatic heterocycles. The first-order valence-electron chi connectivity index (χ1n) is 10.6. The van der Waals surface area contributed by atoms with Gasteiger partial charge in [0.25, 0.3) is 5.91 Å². The number of ether oxygens (including phenoxy) is 1. The van der Waals surface area contributed by atoms with Gasteiger partial charge in [0.15, 0.2) is 0 Å². The van der Waals surface area contributed by atoms with Crippen molar-refractivity contribution in [3.05, 3.63) is 77.6 Å². The molecule has 0 aliphatic carbocycles. The second kappa shape index (κ2) is 9.90. The molecule has 158 valence electrons. The second-order valence-electron chi connectivity index (χ2n) is 7.70. The molecule has 2 aromatic carbocycles. The minimum Gasteiger partial charge on any atom is -0.487 e. The zero-order valence-electron chi connectivity index (χ0n) is 17.4. The number of piperidine rings is 1. The van der Waals surface area contributed by atoms with Crippen LogP contribution in [0.2, 0.25) is 0 Å². The first-order chi connectivity index (χ1) is 15.2. The molecule has 7 heteroatoms. The summed E-state index contributed by atoms with van der Waals surface area (Å²) < 4.78 is 7.55. The van der Waals surface area contributed by atoms with Crippen LogP contribution in [0.1, 0.15) is 47.3 Å². The molecule has 0 bridgehead atoms. The number of aromatic nitrogens is 3. The van der Waals surface area contributed by atoms with Gasteiger partial charge < -0.3 is 9.64 Å². The highest BCUT2D eigenvalue weighted by Crippen LogP contribution is 2.23. The normalized spacial score (nSPS) is 16.0. The number of hydrogen-bond acceptors (Lipinski definition) is 5. The van der Waals surface area contributed by atoms with Crippen molar-refractivity contribution < 1.29 is 9.53 Å². The number of aryl methyl sites for hydroxylation is 1. The Balaban J connectivity index is 1.33. The summed E-state index contributed by atoms with van der Waals surface area (Å²) in [6.07, 6.45) is 5.85. The van der Waals surface area contributed by atoms with Gasteiger partial charge >= 0.3 is 0 Å². The number of carbonyl (C=O) groups excluding carboxylic acids is 1. The fourth-order valence-electron chi connectivity index (χ4n) is 3.89. The number of carbonyl (C=O) groups is 1. The quantitative estimate of drug-likeness (QED) is 0.586. The molecule has 0 N–H and O–H groups in total. The molecule has 1 fully saturated rings. The summed E-state index contributed by atoms with van der Waals surface area (Å²) in [5.74, 6) is 0.834. The van der Waals surface area contributed by atoms with Crippen molar-refractivity contribution in [2.45, 2.75) is 44.9 Å². The van der Waals surface area contributed by atoms with E-state index >= 15 is 0 Å². The van der Waals surface area contributed by atoms with Crippen molar-refractivity contribution in [1.29, 1.82) is 5.26 Å². The van der Waals surface area contributed by atoms with E-state index in [2.05, 4.69) is 16.4 Å². The van der Waals surface area contributed by atoms with Gasteiger partial charge in [-0.2, -0.15) is 5.26 Å². The van der Waals surface area contributed by atoms with Crippen LogP contribution < -0.4 is 4.74 Å². The first-order valence-corrected chi connectivity index (χ1v) is 10.6. The number of rotatable bonds is 7. The summed E-state index contributed by atoms with van der Waals surface area (Å²) in [6.45, 7) is 1.83. The van der Waals surface area contributed by atoms with Crippen LogP contribution in [0.15, 0.2) is 60.8 Å². The zero-order chi connectivity index (χ0) is 21.5. The molecule has 0 spiro atoms. The molecule has 1 unspecified atom stereocenters. The van der Waals surface area contributed by atoms with Crippen molar-refractivity contribution in [3.8, 4) is 11.8 Å². The Hall–Kier alpha value is -3.66. The molecule has 2 heterocycles. The summed E-state index contributed by atoms with van der Waals surface area (Å²) in [5, 5.41) is 17.4. The van der Waals surface area contributed by atoms with Crippen LogP contribution in [0.3, 0.4) is 0 Å². The molecule has 0 saturated carbocycles. The fourth-order valence-corrected chi connectivity index (χ4v) is 3.89. The number of nitriles is 1. The molecule has 1 saturated heterocycles. The molecular weight excluding hydrogens is 390 g/mol. The van der Waals surface area contributed by atoms with Gasteiger partial charge in [0.2, 0.25) is 0 Å². The maximum absolute atomic E-state index is 13.0. The van der Waals surface area contributed by atoms with Gasteiger partial charge in [-0.25, -0.2) is 0 Å². The molecule has 1 amide bonds. The SMILES string of the molecule is N#Cc1ccc(C(=O)N2CCCCC2CCn2cc(COc3ccccc3)nn2)cc1. The minimum atomic E-state index is 0.0322. The van der Waals surface area contributed by atoms with E-state index in [1.54, 1.807) is 24.3 Å². The Labute approximate surface area is 181 Å². The maximum Gasteiger partial charge on any atom is 0.254 e. The van der Waals surface area contributed by atoms with Crippen LogP contribution in [0, 0.1) is 11.3 Å². The predicted molar refractivity (Wildman–Crippen MR) is 115 cm³/mol. The number of nitrogens with zero attached hydrogens (tertiary/aromatic N) is 5. The molecule has 7 nitrogen and oxygen atoms in total. The number of benzene rings is 2. The number of para-hydroxylation sites is 1. The van der Waals surface area contributed by atoms with Crippen LogP contribution in [0.4, 0.5) is 0 Å².